The van der Waals surface area contributed by atoms with Gasteiger partial charge in [0.05, 0.1) is 12.1 Å². The normalized spacial score (nSPS) is 23.2. The molecular weight excluding hydrogens is 212 g/mol. The van der Waals surface area contributed by atoms with E-state index < -0.39 is 11.9 Å². The molecule has 0 aromatic carbocycles. The lowest BCUT2D eigenvalue weighted by molar-refractivity contribution is -0.138. The fourth-order valence-electron chi connectivity index (χ4n) is 1.34. The predicted molar refractivity (Wildman–Crippen MR) is 58.3 cm³/mol. The second kappa shape index (κ2) is 5.99. The van der Waals surface area contributed by atoms with E-state index in [4.69, 9.17) is 10.2 Å². The number of nitrogens with zero attached hydrogens (tertiary/aromatic N) is 2. The van der Waals surface area contributed by atoms with E-state index in [1.165, 1.54) is 0 Å². The van der Waals surface area contributed by atoms with Crippen LogP contribution in [0.3, 0.4) is 0 Å². The molecular formula is C10H14N2O4. The highest BCUT2D eigenvalue weighted by Crippen LogP contribution is 2.08. The van der Waals surface area contributed by atoms with Gasteiger partial charge in [0.15, 0.2) is 0 Å². The van der Waals surface area contributed by atoms with Gasteiger partial charge in [-0.05, 0) is 12.8 Å². The Hall–Kier alpha value is -1.72. The number of aliphatic imine (C=N–C) groups is 2. The predicted octanol–water partition coefficient (Wildman–Crippen LogP) is 0.608. The Morgan fingerprint density at radius 3 is 1.56 bits per heavy atom. The molecule has 88 valence electrons. The van der Waals surface area contributed by atoms with E-state index in [9.17, 15) is 9.59 Å². The summed E-state index contributed by atoms with van der Waals surface area (Å²) in [5, 5.41) is 17.0. The zero-order valence-corrected chi connectivity index (χ0v) is 8.74. The Morgan fingerprint density at radius 2 is 1.31 bits per heavy atom. The monoisotopic (exact) mass is 226 g/mol. The van der Waals surface area contributed by atoms with Crippen molar-refractivity contribution in [1.82, 2.24) is 0 Å². The van der Waals surface area contributed by atoms with Gasteiger partial charge in [0, 0.05) is 25.3 Å². The van der Waals surface area contributed by atoms with Gasteiger partial charge in [-0.15, -0.1) is 0 Å². The van der Waals surface area contributed by atoms with Gasteiger partial charge in [-0.25, -0.2) is 0 Å². The van der Waals surface area contributed by atoms with Crippen molar-refractivity contribution in [3.8, 4) is 0 Å². The third-order valence-corrected chi connectivity index (χ3v) is 2.21. The molecule has 2 unspecified atom stereocenters. The van der Waals surface area contributed by atoms with Crippen LogP contribution in [0.5, 0.6) is 0 Å². The van der Waals surface area contributed by atoms with Gasteiger partial charge >= 0.3 is 11.9 Å². The van der Waals surface area contributed by atoms with E-state index in [2.05, 4.69) is 9.98 Å². The number of hydrogen-bond acceptors (Lipinski definition) is 4. The van der Waals surface area contributed by atoms with E-state index in [-0.39, 0.29) is 24.9 Å². The quantitative estimate of drug-likeness (QED) is 0.693. The molecule has 1 aliphatic rings. The van der Waals surface area contributed by atoms with Crippen molar-refractivity contribution < 1.29 is 19.8 Å². The summed E-state index contributed by atoms with van der Waals surface area (Å²) in [6, 6.07) is -0.366. The number of carboxylic acid groups (broad SMARTS) is 2. The third-order valence-electron chi connectivity index (χ3n) is 2.21. The topological polar surface area (TPSA) is 99.3 Å². The zero-order chi connectivity index (χ0) is 12.0. The lowest BCUT2D eigenvalue weighted by Crippen LogP contribution is -2.20. The molecule has 16 heavy (non-hydrogen) atoms. The molecule has 0 saturated carbocycles. The molecule has 2 N–H and O–H groups in total. The number of rotatable bonds is 6. The maximum Gasteiger partial charge on any atom is 0.303 e. The SMILES string of the molecule is O=C(O)CCC1C=NC(CCC(=O)O)C=N1. The molecule has 6 nitrogen and oxygen atoms in total. The fraction of sp³-hybridized carbons (Fsp3) is 0.600. The van der Waals surface area contributed by atoms with Gasteiger partial charge in [0.2, 0.25) is 0 Å². The largest absolute Gasteiger partial charge is 0.481 e. The first-order valence-electron chi connectivity index (χ1n) is 5.08. The zero-order valence-electron chi connectivity index (χ0n) is 8.74. The lowest BCUT2D eigenvalue weighted by Gasteiger charge is -2.14. The summed E-state index contributed by atoms with van der Waals surface area (Å²) in [6.45, 7) is 0. The summed E-state index contributed by atoms with van der Waals surface area (Å²) in [5.41, 5.74) is 0. The van der Waals surface area contributed by atoms with Gasteiger partial charge in [-0.3, -0.25) is 19.6 Å². The van der Waals surface area contributed by atoms with Crippen molar-refractivity contribution in [3.05, 3.63) is 0 Å². The summed E-state index contributed by atoms with van der Waals surface area (Å²) in [4.78, 5) is 28.9. The van der Waals surface area contributed by atoms with Crippen molar-refractivity contribution in [2.45, 2.75) is 37.8 Å². The Bertz CT molecular complexity index is 281. The van der Waals surface area contributed by atoms with Crippen LogP contribution in [0.4, 0.5) is 0 Å². The second-order valence-corrected chi connectivity index (χ2v) is 3.60. The number of hydrogen-bond donors (Lipinski definition) is 2. The van der Waals surface area contributed by atoms with Gasteiger partial charge in [-0.1, -0.05) is 0 Å². The first kappa shape index (κ1) is 12.4. The van der Waals surface area contributed by atoms with Crippen LogP contribution in [0.2, 0.25) is 0 Å². The van der Waals surface area contributed by atoms with Crippen LogP contribution < -0.4 is 0 Å². The van der Waals surface area contributed by atoms with Crippen molar-refractivity contribution in [3.63, 3.8) is 0 Å². The minimum Gasteiger partial charge on any atom is -0.481 e. The minimum absolute atomic E-state index is 0.0633. The highest BCUT2D eigenvalue weighted by molar-refractivity contribution is 5.79. The summed E-state index contributed by atoms with van der Waals surface area (Å²) in [6.07, 6.45) is 4.20. The van der Waals surface area contributed by atoms with E-state index in [1.807, 2.05) is 0 Å². The molecule has 1 rings (SSSR count). The van der Waals surface area contributed by atoms with E-state index in [0.29, 0.717) is 12.8 Å². The van der Waals surface area contributed by atoms with Gasteiger partial charge in [0.25, 0.3) is 0 Å². The molecule has 6 heteroatoms. The van der Waals surface area contributed by atoms with Crippen molar-refractivity contribution >= 4 is 24.4 Å². The molecule has 0 aliphatic carbocycles. The smallest absolute Gasteiger partial charge is 0.303 e. The summed E-state index contributed by atoms with van der Waals surface area (Å²) >= 11 is 0. The molecule has 0 aromatic rings. The highest BCUT2D eigenvalue weighted by Gasteiger charge is 2.13. The van der Waals surface area contributed by atoms with Crippen LogP contribution in [-0.2, 0) is 9.59 Å². The average Bonchev–Trinajstić information content (AvgIpc) is 2.25. The van der Waals surface area contributed by atoms with Crippen molar-refractivity contribution in [2.24, 2.45) is 9.98 Å². The number of aliphatic carboxylic acids is 2. The molecule has 1 aliphatic heterocycles. The van der Waals surface area contributed by atoms with E-state index in [0.717, 1.165) is 0 Å². The number of carboxylic acids is 2. The van der Waals surface area contributed by atoms with E-state index in [1.54, 1.807) is 12.4 Å². The molecule has 0 spiro atoms. The molecule has 1 heterocycles. The highest BCUT2D eigenvalue weighted by atomic mass is 16.4. The molecule has 2 atom stereocenters. The van der Waals surface area contributed by atoms with Crippen LogP contribution in [-0.4, -0.2) is 46.7 Å². The standard InChI is InChI=1S/C10H14N2O4/c13-9(14)3-1-7-5-12-8(6-11-7)2-4-10(15)16/h5-8H,1-4H2,(H,13,14)(H,15,16). The Labute approximate surface area is 92.7 Å². The number of carbonyl (C=O) groups is 2. The lowest BCUT2D eigenvalue weighted by atomic mass is 10.1. The van der Waals surface area contributed by atoms with Gasteiger partial charge < -0.3 is 10.2 Å². The molecule has 0 fully saturated rings. The maximum atomic E-state index is 10.3. The van der Waals surface area contributed by atoms with Crippen LogP contribution >= 0.6 is 0 Å². The second-order valence-electron chi connectivity index (χ2n) is 3.60. The average molecular weight is 226 g/mol. The molecule has 0 radical (unpaired) electrons. The van der Waals surface area contributed by atoms with Crippen molar-refractivity contribution in [1.29, 1.82) is 0 Å². The maximum absolute atomic E-state index is 10.3. The van der Waals surface area contributed by atoms with E-state index >= 15 is 0 Å². The van der Waals surface area contributed by atoms with Crippen LogP contribution in [0.25, 0.3) is 0 Å². The summed E-state index contributed by atoms with van der Waals surface area (Å²) in [5.74, 6) is -1.70. The summed E-state index contributed by atoms with van der Waals surface area (Å²) < 4.78 is 0. The minimum atomic E-state index is -0.850. The molecule has 0 aromatic heterocycles. The van der Waals surface area contributed by atoms with Crippen LogP contribution in [0.15, 0.2) is 9.98 Å². The van der Waals surface area contributed by atoms with Crippen molar-refractivity contribution in [2.75, 3.05) is 0 Å². The van der Waals surface area contributed by atoms with Crippen LogP contribution in [0.1, 0.15) is 25.7 Å². The van der Waals surface area contributed by atoms with Gasteiger partial charge in [-0.2, -0.15) is 0 Å². The molecule has 0 bridgehead atoms. The summed E-state index contributed by atoms with van der Waals surface area (Å²) in [7, 11) is 0. The Kier molecular flexibility index (Phi) is 4.63. The Morgan fingerprint density at radius 1 is 0.938 bits per heavy atom. The first-order chi connectivity index (χ1) is 7.58. The van der Waals surface area contributed by atoms with Crippen LogP contribution in [0, 0.1) is 0 Å². The third kappa shape index (κ3) is 4.68. The molecule has 0 amide bonds. The first-order valence-corrected chi connectivity index (χ1v) is 5.08. The Balaban J connectivity index is 2.29. The van der Waals surface area contributed by atoms with Gasteiger partial charge in [0.1, 0.15) is 0 Å². The molecule has 0 saturated heterocycles. The fourth-order valence-corrected chi connectivity index (χ4v) is 1.34.